The quantitative estimate of drug-likeness (QED) is 0.744. The van der Waals surface area contributed by atoms with Crippen LogP contribution in [0.15, 0.2) is 23.1 Å². The van der Waals surface area contributed by atoms with Gasteiger partial charge in [-0.3, -0.25) is 4.18 Å². The Morgan fingerprint density at radius 1 is 1.31 bits per heavy atom. The van der Waals surface area contributed by atoms with Crippen molar-refractivity contribution in [3.05, 3.63) is 23.8 Å². The van der Waals surface area contributed by atoms with Crippen molar-refractivity contribution < 1.29 is 13.1 Å². The van der Waals surface area contributed by atoms with Gasteiger partial charge in [0.2, 0.25) is 0 Å². The van der Waals surface area contributed by atoms with Gasteiger partial charge in [-0.2, -0.15) is 0 Å². The zero-order valence-corrected chi connectivity index (χ0v) is 8.68. The topological polar surface area (TPSA) is 35.5 Å². The van der Waals surface area contributed by atoms with Crippen molar-refractivity contribution in [2.45, 2.75) is 11.8 Å². The van der Waals surface area contributed by atoms with Crippen LogP contribution in [0.3, 0.4) is 0 Å². The monoisotopic (exact) mass is 200 g/mol. The second-order valence-electron chi connectivity index (χ2n) is 2.53. The van der Waals surface area contributed by atoms with Gasteiger partial charge in [-0.15, -0.1) is 0 Å². The van der Waals surface area contributed by atoms with Crippen molar-refractivity contribution in [2.24, 2.45) is 0 Å². The van der Waals surface area contributed by atoms with Crippen LogP contribution in [-0.4, -0.2) is 18.4 Å². The first-order valence-corrected chi connectivity index (χ1v) is 4.87. The molecule has 0 heterocycles. The van der Waals surface area contributed by atoms with Crippen LogP contribution in [0, 0.1) is 6.92 Å². The van der Waals surface area contributed by atoms with E-state index in [2.05, 4.69) is 0 Å². The third-order valence-electron chi connectivity index (χ3n) is 1.71. The van der Waals surface area contributed by atoms with E-state index in [1.165, 1.54) is 7.11 Å². The van der Waals surface area contributed by atoms with Gasteiger partial charge in [0.1, 0.15) is 5.75 Å². The van der Waals surface area contributed by atoms with Gasteiger partial charge in [-0.05, 0) is 30.7 Å². The van der Waals surface area contributed by atoms with Crippen molar-refractivity contribution in [3.8, 4) is 5.75 Å². The zero-order valence-electron chi connectivity index (χ0n) is 7.87. The minimum Gasteiger partial charge on any atom is -0.497 e. The van der Waals surface area contributed by atoms with Gasteiger partial charge in [0.15, 0.2) is 11.1 Å². The van der Waals surface area contributed by atoms with Crippen LogP contribution in [0.1, 0.15) is 5.56 Å². The lowest BCUT2D eigenvalue weighted by Gasteiger charge is -2.05. The number of benzene rings is 1. The average Bonchev–Trinajstić information content (AvgIpc) is 2.16. The van der Waals surface area contributed by atoms with Crippen LogP contribution < -0.4 is 4.74 Å². The van der Waals surface area contributed by atoms with E-state index in [9.17, 15) is 4.21 Å². The summed E-state index contributed by atoms with van der Waals surface area (Å²) in [7, 11) is 3.02. The molecular weight excluding hydrogens is 188 g/mol. The van der Waals surface area contributed by atoms with Crippen molar-refractivity contribution in [1.29, 1.82) is 0 Å². The molecule has 1 aromatic carbocycles. The molecule has 1 unspecified atom stereocenters. The molecule has 1 aromatic rings. The zero-order chi connectivity index (χ0) is 9.84. The minimum atomic E-state index is -1.37. The highest BCUT2D eigenvalue weighted by Crippen LogP contribution is 2.19. The molecule has 0 amide bonds. The summed E-state index contributed by atoms with van der Waals surface area (Å²) < 4.78 is 21.0. The van der Waals surface area contributed by atoms with E-state index in [1.54, 1.807) is 19.2 Å². The molecule has 0 saturated carbocycles. The first kappa shape index (κ1) is 10.2. The number of ether oxygens (including phenoxy) is 1. The molecule has 0 aliphatic heterocycles. The fourth-order valence-corrected chi connectivity index (χ4v) is 1.71. The molecule has 0 N–H and O–H groups in total. The molecule has 1 atom stereocenters. The highest BCUT2D eigenvalue weighted by Gasteiger charge is 2.06. The Kier molecular flexibility index (Phi) is 3.45. The molecule has 0 aromatic heterocycles. The van der Waals surface area contributed by atoms with Crippen molar-refractivity contribution >= 4 is 11.1 Å². The minimum absolute atomic E-state index is 0.684. The van der Waals surface area contributed by atoms with E-state index in [4.69, 9.17) is 8.92 Å². The fourth-order valence-electron chi connectivity index (χ4n) is 1.03. The highest BCUT2D eigenvalue weighted by atomic mass is 32.2. The Morgan fingerprint density at radius 3 is 2.46 bits per heavy atom. The van der Waals surface area contributed by atoms with E-state index in [0.717, 1.165) is 11.3 Å². The number of aryl methyl sites for hydroxylation is 1. The summed E-state index contributed by atoms with van der Waals surface area (Å²) in [6.45, 7) is 1.87. The number of methoxy groups -OCH3 is 1. The Morgan fingerprint density at radius 2 is 2.00 bits per heavy atom. The Labute approximate surface area is 80.3 Å². The van der Waals surface area contributed by atoms with E-state index >= 15 is 0 Å². The van der Waals surface area contributed by atoms with Gasteiger partial charge < -0.3 is 4.74 Å². The first-order chi connectivity index (χ1) is 6.19. The third kappa shape index (κ3) is 2.29. The normalized spacial score (nSPS) is 12.5. The Hall–Kier alpha value is -0.870. The van der Waals surface area contributed by atoms with Gasteiger partial charge in [0, 0.05) is 0 Å². The molecular formula is C9H12O3S. The fraction of sp³-hybridized carbons (Fsp3) is 0.333. The summed E-state index contributed by atoms with van der Waals surface area (Å²) in [6.07, 6.45) is 0. The summed E-state index contributed by atoms with van der Waals surface area (Å²) in [6, 6.07) is 5.33. The van der Waals surface area contributed by atoms with Crippen molar-refractivity contribution in [1.82, 2.24) is 0 Å². The van der Waals surface area contributed by atoms with Gasteiger partial charge in [-0.1, -0.05) is 0 Å². The second kappa shape index (κ2) is 4.39. The maximum Gasteiger partial charge on any atom is 0.189 e. The molecule has 0 fully saturated rings. The lowest BCUT2D eigenvalue weighted by molar-refractivity contribution is 0.413. The second-order valence-corrected chi connectivity index (χ2v) is 3.78. The van der Waals surface area contributed by atoms with Gasteiger partial charge in [0.25, 0.3) is 0 Å². The van der Waals surface area contributed by atoms with Crippen LogP contribution in [0.2, 0.25) is 0 Å². The molecule has 0 radical (unpaired) electrons. The van der Waals surface area contributed by atoms with Crippen molar-refractivity contribution in [3.63, 3.8) is 0 Å². The molecule has 3 nitrogen and oxygen atoms in total. The van der Waals surface area contributed by atoms with Gasteiger partial charge >= 0.3 is 0 Å². The molecule has 0 aliphatic carbocycles. The maximum absolute atomic E-state index is 11.3. The summed E-state index contributed by atoms with van der Waals surface area (Å²) in [5, 5.41) is 0. The van der Waals surface area contributed by atoms with E-state index in [0.29, 0.717) is 4.90 Å². The summed E-state index contributed by atoms with van der Waals surface area (Å²) in [5.74, 6) is 0.759. The van der Waals surface area contributed by atoms with E-state index in [1.807, 2.05) is 13.0 Å². The Bertz CT molecular complexity index is 323. The predicted octanol–water partition coefficient (Wildman–Crippen LogP) is 1.67. The molecule has 0 spiro atoms. The summed E-state index contributed by atoms with van der Waals surface area (Å²) in [5.41, 5.74) is 0.902. The van der Waals surface area contributed by atoms with Crippen LogP contribution in [0.4, 0.5) is 0 Å². The molecule has 4 heteroatoms. The molecule has 0 aliphatic rings. The van der Waals surface area contributed by atoms with Crippen molar-refractivity contribution in [2.75, 3.05) is 14.2 Å². The van der Waals surface area contributed by atoms with E-state index < -0.39 is 11.1 Å². The molecule has 0 bridgehead atoms. The number of rotatable bonds is 3. The van der Waals surface area contributed by atoms with Crippen LogP contribution in [-0.2, 0) is 15.3 Å². The van der Waals surface area contributed by atoms with Crippen LogP contribution in [0.25, 0.3) is 0 Å². The third-order valence-corrected chi connectivity index (χ3v) is 2.83. The predicted molar refractivity (Wildman–Crippen MR) is 51.1 cm³/mol. The Balaban J connectivity index is 3.05. The largest absolute Gasteiger partial charge is 0.497 e. The highest BCUT2D eigenvalue weighted by molar-refractivity contribution is 7.80. The molecule has 0 saturated heterocycles. The molecule has 13 heavy (non-hydrogen) atoms. The number of hydrogen-bond acceptors (Lipinski definition) is 3. The SMILES string of the molecule is COc1ccc(S(=O)OC)c(C)c1. The van der Waals surface area contributed by atoms with Crippen LogP contribution >= 0.6 is 0 Å². The smallest absolute Gasteiger partial charge is 0.189 e. The number of hydrogen-bond donors (Lipinski definition) is 0. The van der Waals surface area contributed by atoms with E-state index in [-0.39, 0.29) is 0 Å². The van der Waals surface area contributed by atoms with Gasteiger partial charge in [0.05, 0.1) is 19.1 Å². The lowest BCUT2D eigenvalue weighted by Crippen LogP contribution is -1.96. The van der Waals surface area contributed by atoms with Gasteiger partial charge in [-0.25, -0.2) is 4.21 Å². The maximum atomic E-state index is 11.3. The standard InChI is InChI=1S/C9H12O3S/c1-7-6-8(11-2)4-5-9(7)13(10)12-3/h4-6H,1-3H3. The average molecular weight is 200 g/mol. The molecule has 1 rings (SSSR count). The molecule has 72 valence electrons. The lowest BCUT2D eigenvalue weighted by atomic mass is 10.2. The summed E-state index contributed by atoms with van der Waals surface area (Å²) >= 11 is -1.37. The van der Waals surface area contributed by atoms with Crippen LogP contribution in [0.5, 0.6) is 5.75 Å². The summed E-state index contributed by atoms with van der Waals surface area (Å²) in [4.78, 5) is 0.684. The first-order valence-electron chi connectivity index (χ1n) is 3.80.